The molecular weight excluding hydrogens is 158 g/mol. The molecule has 0 saturated carbocycles. The highest BCUT2D eigenvalue weighted by Gasteiger charge is 1.85. The van der Waals surface area contributed by atoms with E-state index < -0.39 is 0 Å². The number of rotatable bonds is 1. The molecule has 1 rings (SSSR count). The second-order valence-electron chi connectivity index (χ2n) is 2.35. The van der Waals surface area contributed by atoms with Crippen molar-refractivity contribution in [2.24, 2.45) is 0 Å². The van der Waals surface area contributed by atoms with Gasteiger partial charge in [-0.15, -0.1) is 0 Å². The molecule has 0 saturated heterocycles. The quantitative estimate of drug-likeness (QED) is 0.595. The Kier molecular flexibility index (Phi) is 6.27. The van der Waals surface area contributed by atoms with Gasteiger partial charge in [0, 0.05) is 5.57 Å². The van der Waals surface area contributed by atoms with E-state index in [0.29, 0.717) is 0 Å². The predicted octanol–water partition coefficient (Wildman–Crippen LogP) is 3.64. The second kappa shape index (κ2) is 7.12. The first-order valence-corrected chi connectivity index (χ1v) is 4.46. The van der Waals surface area contributed by atoms with Gasteiger partial charge in [-0.1, -0.05) is 44.2 Å². The maximum atomic E-state index is 8.48. The van der Waals surface area contributed by atoms with Gasteiger partial charge in [-0.05, 0) is 18.6 Å². The molecule has 0 aromatic heterocycles. The van der Waals surface area contributed by atoms with Gasteiger partial charge in [0.25, 0.3) is 0 Å². The first-order valence-electron chi connectivity index (χ1n) is 4.46. The van der Waals surface area contributed by atoms with Gasteiger partial charge in [0.05, 0.1) is 6.07 Å². The van der Waals surface area contributed by atoms with Crippen molar-refractivity contribution in [3.8, 4) is 6.07 Å². The Bertz CT molecular complexity index is 291. The zero-order chi connectivity index (χ0) is 10.1. The molecule has 0 bridgehead atoms. The van der Waals surface area contributed by atoms with Gasteiger partial charge in [0.2, 0.25) is 0 Å². The van der Waals surface area contributed by atoms with Crippen molar-refractivity contribution in [3.63, 3.8) is 0 Å². The van der Waals surface area contributed by atoms with Crippen LogP contribution in [0.5, 0.6) is 0 Å². The normalized spacial score (nSPS) is 9.54. The van der Waals surface area contributed by atoms with E-state index in [1.165, 1.54) is 0 Å². The van der Waals surface area contributed by atoms with Gasteiger partial charge >= 0.3 is 0 Å². The average molecular weight is 173 g/mol. The standard InChI is InChI=1S/C10H9N.C2H6/c1-9(8-11)7-10-5-3-2-4-6-10;1-2/h2-7H,1H3;1-2H3/b9-7-;. The number of benzene rings is 1. The van der Waals surface area contributed by atoms with Crippen molar-refractivity contribution in [1.29, 1.82) is 5.26 Å². The van der Waals surface area contributed by atoms with Gasteiger partial charge < -0.3 is 0 Å². The molecule has 0 radical (unpaired) electrons. The lowest BCUT2D eigenvalue weighted by molar-refractivity contribution is 1.46. The van der Waals surface area contributed by atoms with Gasteiger partial charge in [0.15, 0.2) is 0 Å². The van der Waals surface area contributed by atoms with Crippen LogP contribution in [-0.2, 0) is 0 Å². The van der Waals surface area contributed by atoms with Crippen LogP contribution in [-0.4, -0.2) is 0 Å². The Morgan fingerprint density at radius 2 is 1.77 bits per heavy atom. The molecule has 0 aliphatic rings. The summed E-state index contributed by atoms with van der Waals surface area (Å²) < 4.78 is 0. The highest BCUT2D eigenvalue weighted by molar-refractivity contribution is 5.55. The van der Waals surface area contributed by atoms with E-state index in [4.69, 9.17) is 5.26 Å². The molecule has 1 heteroatoms. The molecule has 0 unspecified atom stereocenters. The fourth-order valence-corrected chi connectivity index (χ4v) is 0.832. The Labute approximate surface area is 80.3 Å². The lowest BCUT2D eigenvalue weighted by Crippen LogP contribution is -1.71. The van der Waals surface area contributed by atoms with Crippen molar-refractivity contribution in [1.82, 2.24) is 0 Å². The maximum Gasteiger partial charge on any atom is 0.0944 e. The second-order valence-corrected chi connectivity index (χ2v) is 2.35. The fraction of sp³-hybridized carbons (Fsp3) is 0.250. The first kappa shape index (κ1) is 11.4. The molecule has 0 atom stereocenters. The smallest absolute Gasteiger partial charge is 0.0944 e. The van der Waals surface area contributed by atoms with Crippen molar-refractivity contribution in [2.45, 2.75) is 20.8 Å². The summed E-state index contributed by atoms with van der Waals surface area (Å²) in [6.45, 7) is 5.80. The third-order valence-electron chi connectivity index (χ3n) is 1.36. The zero-order valence-corrected chi connectivity index (χ0v) is 8.41. The summed E-state index contributed by atoms with van der Waals surface area (Å²) in [6, 6.07) is 11.9. The first-order chi connectivity index (χ1) is 6.33. The van der Waals surface area contributed by atoms with Crippen LogP contribution in [0.3, 0.4) is 0 Å². The van der Waals surface area contributed by atoms with E-state index in [1.807, 2.05) is 50.3 Å². The van der Waals surface area contributed by atoms with Gasteiger partial charge in [0.1, 0.15) is 0 Å². The molecule has 0 aliphatic carbocycles. The van der Waals surface area contributed by atoms with Crippen molar-refractivity contribution in [2.75, 3.05) is 0 Å². The van der Waals surface area contributed by atoms with Crippen LogP contribution >= 0.6 is 0 Å². The van der Waals surface area contributed by atoms with Crippen molar-refractivity contribution >= 4 is 6.08 Å². The zero-order valence-electron chi connectivity index (χ0n) is 8.41. The van der Waals surface area contributed by atoms with Crippen molar-refractivity contribution < 1.29 is 0 Å². The minimum absolute atomic E-state index is 0.733. The highest BCUT2D eigenvalue weighted by Crippen LogP contribution is 2.04. The monoisotopic (exact) mass is 173 g/mol. The number of hydrogen-bond donors (Lipinski definition) is 0. The SMILES string of the molecule is C/C(C#N)=C/c1ccccc1.CC. The van der Waals surface area contributed by atoms with E-state index >= 15 is 0 Å². The fourth-order valence-electron chi connectivity index (χ4n) is 0.832. The van der Waals surface area contributed by atoms with Gasteiger partial charge in [-0.2, -0.15) is 5.26 Å². The topological polar surface area (TPSA) is 23.8 Å². The van der Waals surface area contributed by atoms with Crippen LogP contribution in [0.1, 0.15) is 26.3 Å². The molecule has 1 nitrogen and oxygen atoms in total. The summed E-state index contributed by atoms with van der Waals surface area (Å²) in [7, 11) is 0. The van der Waals surface area contributed by atoms with Crippen LogP contribution in [0.15, 0.2) is 35.9 Å². The lowest BCUT2D eigenvalue weighted by Gasteiger charge is -1.90. The third-order valence-corrected chi connectivity index (χ3v) is 1.36. The number of nitriles is 1. The van der Waals surface area contributed by atoms with Gasteiger partial charge in [-0.25, -0.2) is 0 Å². The van der Waals surface area contributed by atoms with Crippen LogP contribution in [0.2, 0.25) is 0 Å². The molecule has 1 aromatic rings. The summed E-state index contributed by atoms with van der Waals surface area (Å²) in [5.41, 5.74) is 1.81. The number of allylic oxidation sites excluding steroid dienone is 1. The third kappa shape index (κ3) is 4.81. The Morgan fingerprint density at radius 1 is 1.23 bits per heavy atom. The Morgan fingerprint density at radius 3 is 2.23 bits per heavy atom. The molecule has 0 spiro atoms. The molecule has 13 heavy (non-hydrogen) atoms. The van der Waals surface area contributed by atoms with Crippen LogP contribution in [0.4, 0.5) is 0 Å². The summed E-state index contributed by atoms with van der Waals surface area (Å²) in [4.78, 5) is 0. The van der Waals surface area contributed by atoms with Crippen LogP contribution in [0.25, 0.3) is 6.08 Å². The minimum atomic E-state index is 0.733. The van der Waals surface area contributed by atoms with E-state index in [-0.39, 0.29) is 0 Å². The molecular formula is C12H15N. The molecule has 0 aliphatic heterocycles. The lowest BCUT2D eigenvalue weighted by atomic mass is 10.1. The van der Waals surface area contributed by atoms with E-state index in [2.05, 4.69) is 6.07 Å². The number of hydrogen-bond acceptors (Lipinski definition) is 1. The van der Waals surface area contributed by atoms with E-state index in [9.17, 15) is 0 Å². The molecule has 1 aromatic carbocycles. The molecule has 0 amide bonds. The summed E-state index contributed by atoms with van der Waals surface area (Å²) in [5.74, 6) is 0. The maximum absolute atomic E-state index is 8.48. The van der Waals surface area contributed by atoms with Crippen LogP contribution < -0.4 is 0 Å². The van der Waals surface area contributed by atoms with E-state index in [0.717, 1.165) is 11.1 Å². The summed E-state index contributed by atoms with van der Waals surface area (Å²) in [6.07, 6.45) is 1.86. The number of nitrogens with zero attached hydrogens (tertiary/aromatic N) is 1. The molecule has 0 N–H and O–H groups in total. The van der Waals surface area contributed by atoms with Gasteiger partial charge in [-0.3, -0.25) is 0 Å². The molecule has 68 valence electrons. The predicted molar refractivity (Wildman–Crippen MR) is 57.1 cm³/mol. The Hall–Kier alpha value is -1.55. The highest BCUT2D eigenvalue weighted by atomic mass is 14.2. The minimum Gasteiger partial charge on any atom is -0.193 e. The summed E-state index contributed by atoms with van der Waals surface area (Å²) >= 11 is 0. The molecule has 0 heterocycles. The van der Waals surface area contributed by atoms with Crippen molar-refractivity contribution in [3.05, 3.63) is 41.5 Å². The summed E-state index contributed by atoms with van der Waals surface area (Å²) in [5, 5.41) is 8.48. The average Bonchev–Trinajstić information content (AvgIpc) is 2.22. The van der Waals surface area contributed by atoms with E-state index in [1.54, 1.807) is 6.92 Å². The Balaban J connectivity index is 0.000000671. The largest absolute Gasteiger partial charge is 0.193 e. The van der Waals surface area contributed by atoms with Crippen LogP contribution in [0, 0.1) is 11.3 Å². The molecule has 0 fully saturated rings.